The van der Waals surface area contributed by atoms with Gasteiger partial charge in [-0.05, 0) is 108 Å². The minimum absolute atomic E-state index is 0.276. The van der Waals surface area contributed by atoms with Gasteiger partial charge in [-0.25, -0.2) is 9.78 Å². The van der Waals surface area contributed by atoms with Gasteiger partial charge in [0.2, 0.25) is 0 Å². The fourth-order valence-electron chi connectivity index (χ4n) is 5.00. The molecule has 2 aromatic heterocycles. The Balaban J connectivity index is 1.18. The molecule has 1 amide bonds. The van der Waals surface area contributed by atoms with E-state index in [2.05, 4.69) is 29.1 Å². The molecule has 47 heavy (non-hydrogen) atoms. The minimum Gasteiger partial charge on any atom is -0.490 e. The van der Waals surface area contributed by atoms with Crippen molar-refractivity contribution in [2.75, 3.05) is 38.8 Å². The van der Waals surface area contributed by atoms with Crippen molar-refractivity contribution >= 4 is 35.4 Å². The maximum atomic E-state index is 13.4. The molecule has 3 heterocycles. The van der Waals surface area contributed by atoms with E-state index in [-0.39, 0.29) is 23.1 Å². The lowest BCUT2D eigenvalue weighted by Crippen LogP contribution is -2.29. The van der Waals surface area contributed by atoms with Gasteiger partial charge in [-0.15, -0.1) is 0 Å². The molecule has 0 unspecified atom stereocenters. The van der Waals surface area contributed by atoms with Crippen molar-refractivity contribution in [3.8, 4) is 0 Å². The number of aromatic nitrogens is 2. The Morgan fingerprint density at radius 3 is 2.21 bits per heavy atom. The van der Waals surface area contributed by atoms with E-state index in [0.717, 1.165) is 36.1 Å². The van der Waals surface area contributed by atoms with Crippen molar-refractivity contribution in [1.82, 2.24) is 14.3 Å². The summed E-state index contributed by atoms with van der Waals surface area (Å²) < 4.78 is 25.8. The van der Waals surface area contributed by atoms with Crippen LogP contribution in [0.2, 0.25) is 0 Å². The van der Waals surface area contributed by atoms with Gasteiger partial charge in [0.05, 0.1) is 30.0 Å². The van der Waals surface area contributed by atoms with Crippen LogP contribution in [-0.4, -0.2) is 70.8 Å². The number of carbonyl (C=O) groups excluding carboxylic acids is 2. The smallest absolute Gasteiger partial charge is 0.339 e. The summed E-state index contributed by atoms with van der Waals surface area (Å²) in [6, 6.07) is 16.7. The molecule has 0 radical (unpaired) electrons. The fourth-order valence-corrected chi connectivity index (χ4v) is 5.95. The average Bonchev–Trinajstić information content (AvgIpc) is 3.05. The van der Waals surface area contributed by atoms with Crippen LogP contribution in [0.4, 0.5) is 5.82 Å². The maximum Gasteiger partial charge on any atom is 0.339 e. The first-order valence-electron chi connectivity index (χ1n) is 16.0. The monoisotopic (exact) mass is 662 g/mol. The first kappa shape index (κ1) is 35.9. The number of ether oxygens (including phenoxy) is 4. The second-order valence-corrected chi connectivity index (χ2v) is 13.6. The zero-order chi connectivity index (χ0) is 33.7. The van der Waals surface area contributed by atoms with Crippen LogP contribution in [0, 0.1) is 0 Å². The van der Waals surface area contributed by atoms with Crippen LogP contribution in [-0.2, 0) is 23.7 Å². The van der Waals surface area contributed by atoms with Crippen molar-refractivity contribution < 1.29 is 28.5 Å². The topological polar surface area (TPSA) is 112 Å². The highest BCUT2D eigenvalue weighted by atomic mass is 32.2. The fraction of sp³-hybridized carbons (Fsp3) is 0.444. The standard InChI is InChI=1S/C36H46N4O6S/c1-35(2,45-24-13-25-46-36(3,4)19-12-23-44-34(42)27-14-10-20-37-26-27)18-11-22-43-32-28-15-6-7-16-29(28)47-40(5)31(32)33(41)39-30-17-8-9-21-38-30/h6-10,14-17,20-21,26H,11-13,18-19,22-25H2,1-5H3,(H,38,39,41). The lowest BCUT2D eigenvalue weighted by atomic mass is 10.0. The molecule has 4 rings (SSSR count). The molecule has 0 fully saturated rings. The molecule has 10 nitrogen and oxygen atoms in total. The van der Waals surface area contributed by atoms with E-state index >= 15 is 0 Å². The summed E-state index contributed by atoms with van der Waals surface area (Å²) in [7, 11) is 1.86. The average molecular weight is 663 g/mol. The van der Waals surface area contributed by atoms with Gasteiger partial charge in [0.25, 0.3) is 5.91 Å². The predicted octanol–water partition coefficient (Wildman–Crippen LogP) is 7.15. The molecule has 0 saturated carbocycles. The molecule has 0 atom stereocenters. The number of benzene rings is 1. The molecule has 0 bridgehead atoms. The molecule has 0 saturated heterocycles. The van der Waals surface area contributed by atoms with Crippen molar-refractivity contribution in [2.45, 2.75) is 75.9 Å². The number of fused-ring (bicyclic) bond motifs is 1. The third kappa shape index (κ3) is 11.4. The highest BCUT2D eigenvalue weighted by molar-refractivity contribution is 7.97. The van der Waals surface area contributed by atoms with Crippen molar-refractivity contribution in [3.63, 3.8) is 0 Å². The number of hydrogen-bond donors (Lipinski definition) is 1. The third-order valence-corrected chi connectivity index (χ3v) is 8.53. The van der Waals surface area contributed by atoms with Crippen molar-refractivity contribution in [1.29, 1.82) is 0 Å². The summed E-state index contributed by atoms with van der Waals surface area (Å²) in [4.78, 5) is 34.6. The van der Waals surface area contributed by atoms with E-state index in [0.29, 0.717) is 55.7 Å². The Hall–Kier alpha value is -3.93. The number of anilines is 1. The van der Waals surface area contributed by atoms with Gasteiger partial charge in [0, 0.05) is 49.3 Å². The number of likely N-dealkylation sites (N-methyl/N-ethyl adjacent to an activating group) is 1. The van der Waals surface area contributed by atoms with Gasteiger partial charge >= 0.3 is 5.97 Å². The Bertz CT molecular complexity index is 1480. The summed E-state index contributed by atoms with van der Waals surface area (Å²) in [5, 5.41) is 2.89. The van der Waals surface area contributed by atoms with Crippen LogP contribution >= 0.6 is 11.9 Å². The number of amides is 1. The molecular formula is C36H46N4O6S. The SMILES string of the molecule is CN1Sc2ccccc2C(OCCCC(C)(C)OCCCOC(C)(C)CCCOC(=O)c2cccnc2)=C1C(=O)Nc1ccccn1. The molecule has 0 aliphatic carbocycles. The molecule has 1 N–H and O–H groups in total. The van der Waals surface area contributed by atoms with Crippen LogP contribution < -0.4 is 5.32 Å². The molecule has 1 aliphatic heterocycles. The maximum absolute atomic E-state index is 13.4. The Kier molecular flexibility index (Phi) is 13.2. The van der Waals surface area contributed by atoms with Crippen LogP contribution in [0.3, 0.4) is 0 Å². The van der Waals surface area contributed by atoms with Crippen LogP contribution in [0.1, 0.15) is 75.7 Å². The van der Waals surface area contributed by atoms with E-state index < -0.39 is 0 Å². The highest BCUT2D eigenvalue weighted by Gasteiger charge is 2.30. The molecule has 252 valence electrons. The summed E-state index contributed by atoms with van der Waals surface area (Å²) in [6.07, 6.45) is 8.54. The van der Waals surface area contributed by atoms with Crippen LogP contribution in [0.15, 0.2) is 83.8 Å². The Labute approximate surface area is 282 Å². The number of esters is 1. The molecule has 1 aromatic carbocycles. The number of pyridine rings is 2. The molecule has 3 aromatic rings. The van der Waals surface area contributed by atoms with E-state index in [1.807, 2.05) is 55.5 Å². The second-order valence-electron chi connectivity index (χ2n) is 12.4. The quantitative estimate of drug-likeness (QED) is 0.0856. The summed E-state index contributed by atoms with van der Waals surface area (Å²) >= 11 is 1.49. The van der Waals surface area contributed by atoms with Crippen LogP contribution in [0.25, 0.3) is 5.76 Å². The van der Waals surface area contributed by atoms with Crippen molar-refractivity contribution in [3.05, 3.63) is 90.0 Å². The lowest BCUT2D eigenvalue weighted by Gasteiger charge is -2.30. The van der Waals surface area contributed by atoms with Gasteiger partial charge in [-0.2, -0.15) is 0 Å². The Morgan fingerprint density at radius 2 is 1.53 bits per heavy atom. The van der Waals surface area contributed by atoms with E-state index in [9.17, 15) is 9.59 Å². The summed E-state index contributed by atoms with van der Waals surface area (Å²) in [5.74, 6) is 0.399. The van der Waals surface area contributed by atoms with Crippen LogP contribution in [0.5, 0.6) is 0 Å². The zero-order valence-electron chi connectivity index (χ0n) is 28.0. The van der Waals surface area contributed by atoms with Gasteiger partial charge < -0.3 is 28.6 Å². The largest absolute Gasteiger partial charge is 0.490 e. The van der Waals surface area contributed by atoms with Gasteiger partial charge in [0.1, 0.15) is 5.82 Å². The molecular weight excluding hydrogens is 616 g/mol. The summed E-state index contributed by atoms with van der Waals surface area (Å²) in [5.41, 5.74) is 1.12. The predicted molar refractivity (Wildman–Crippen MR) is 183 cm³/mol. The summed E-state index contributed by atoms with van der Waals surface area (Å²) in [6.45, 7) is 10.2. The van der Waals surface area contributed by atoms with Crippen molar-refractivity contribution in [2.24, 2.45) is 0 Å². The number of nitrogens with one attached hydrogen (secondary N) is 1. The number of rotatable bonds is 18. The second kappa shape index (κ2) is 17.3. The van der Waals surface area contributed by atoms with Gasteiger partial charge in [-0.1, -0.05) is 18.2 Å². The number of hydrogen-bond acceptors (Lipinski definition) is 10. The number of nitrogens with zero attached hydrogens (tertiary/aromatic N) is 3. The van der Waals surface area contributed by atoms with E-state index in [1.54, 1.807) is 36.7 Å². The molecule has 11 heteroatoms. The van der Waals surface area contributed by atoms with E-state index in [1.165, 1.54) is 18.1 Å². The zero-order valence-corrected chi connectivity index (χ0v) is 28.8. The van der Waals surface area contributed by atoms with E-state index in [4.69, 9.17) is 18.9 Å². The highest BCUT2D eigenvalue weighted by Crippen LogP contribution is 2.40. The number of carbonyl (C=O) groups is 2. The third-order valence-electron chi connectivity index (χ3n) is 7.52. The normalized spacial score (nSPS) is 13.3. The lowest BCUT2D eigenvalue weighted by molar-refractivity contribution is -0.113. The molecule has 0 spiro atoms. The minimum atomic E-state index is -0.361. The Morgan fingerprint density at radius 1 is 0.830 bits per heavy atom. The molecule has 1 aliphatic rings. The first-order chi connectivity index (χ1) is 22.5. The van der Waals surface area contributed by atoms with Gasteiger partial charge in [-0.3, -0.25) is 9.78 Å². The van der Waals surface area contributed by atoms with Gasteiger partial charge in [0.15, 0.2) is 11.5 Å². The first-order valence-corrected chi connectivity index (χ1v) is 16.8.